The van der Waals surface area contributed by atoms with Gasteiger partial charge in [0.1, 0.15) is 18.0 Å². The number of hydrogen-bond donors (Lipinski definition) is 2. The van der Waals surface area contributed by atoms with Crippen molar-refractivity contribution in [3.05, 3.63) is 75.8 Å². The van der Waals surface area contributed by atoms with Crippen molar-refractivity contribution >= 4 is 33.3 Å². The van der Waals surface area contributed by atoms with Crippen LogP contribution in [-0.4, -0.2) is 42.7 Å². The Morgan fingerprint density at radius 1 is 0.818 bits per heavy atom. The summed E-state index contributed by atoms with van der Waals surface area (Å²) in [4.78, 5) is 2.62. The molecule has 5 nitrogen and oxygen atoms in total. The zero-order valence-corrected chi connectivity index (χ0v) is 27.0. The molecule has 5 heteroatoms. The summed E-state index contributed by atoms with van der Waals surface area (Å²) in [5.74, 6) is 2.08. The number of fused-ring (bicyclic) bond motifs is 12. The van der Waals surface area contributed by atoms with Crippen LogP contribution in [0.4, 0.5) is 5.69 Å². The second-order valence-electron chi connectivity index (χ2n) is 14.6. The molecule has 0 aromatic heterocycles. The van der Waals surface area contributed by atoms with Crippen LogP contribution >= 0.6 is 0 Å². The van der Waals surface area contributed by atoms with E-state index >= 15 is 0 Å². The van der Waals surface area contributed by atoms with Crippen LogP contribution in [0, 0.1) is 0 Å². The number of anilines is 1. The van der Waals surface area contributed by atoms with Crippen LogP contribution in [-0.2, 0) is 10.8 Å². The maximum atomic E-state index is 9.29. The summed E-state index contributed by atoms with van der Waals surface area (Å²) in [6.45, 7) is 15.7. The minimum absolute atomic E-state index is 0.0355. The number of aliphatic hydroxyl groups is 2. The van der Waals surface area contributed by atoms with Gasteiger partial charge < -0.3 is 19.8 Å². The first kappa shape index (κ1) is 29.3. The Balaban J connectivity index is 1.48. The summed E-state index contributed by atoms with van der Waals surface area (Å²) in [6, 6.07) is 17.8. The van der Waals surface area contributed by atoms with E-state index in [1.807, 2.05) is 0 Å². The van der Waals surface area contributed by atoms with Crippen molar-refractivity contribution in [2.75, 3.05) is 31.1 Å². The summed E-state index contributed by atoms with van der Waals surface area (Å²) < 4.78 is 9.94. The van der Waals surface area contributed by atoms with Crippen LogP contribution < -0.4 is 24.8 Å². The van der Waals surface area contributed by atoms with Crippen LogP contribution in [0.2, 0.25) is 0 Å². The lowest BCUT2D eigenvalue weighted by atomic mass is 9.81. The zero-order chi connectivity index (χ0) is 30.8. The highest BCUT2D eigenvalue weighted by molar-refractivity contribution is 6.06. The van der Waals surface area contributed by atoms with Gasteiger partial charge >= 0.3 is 0 Å². The quantitative estimate of drug-likeness (QED) is 0.117. The number of unbranched alkanes of at least 4 members (excludes halogenated alkanes) is 3. The van der Waals surface area contributed by atoms with Gasteiger partial charge in [0.25, 0.3) is 0 Å². The van der Waals surface area contributed by atoms with Crippen molar-refractivity contribution in [2.45, 2.75) is 90.3 Å². The Morgan fingerprint density at radius 3 is 2.25 bits per heavy atom. The Labute approximate surface area is 261 Å². The number of aliphatic hydroxyl groups excluding tert-OH is 1. The largest absolute Gasteiger partial charge is 0.455 e. The maximum Gasteiger partial charge on any atom is 0.215 e. The Morgan fingerprint density at radius 2 is 1.52 bits per heavy atom. The Kier molecular flexibility index (Phi) is 7.25. The molecule has 4 aromatic carbocycles. The average molecular weight is 592 g/mol. The van der Waals surface area contributed by atoms with Crippen molar-refractivity contribution in [2.24, 2.45) is 0 Å². The summed E-state index contributed by atoms with van der Waals surface area (Å²) >= 11 is 0. The fraction of sp³-hybridized carbons (Fsp3) is 0.462. The van der Waals surface area contributed by atoms with Gasteiger partial charge in [0.05, 0.1) is 22.1 Å². The number of ether oxygens (including phenoxy) is 1. The molecule has 0 amide bonds. The predicted molar refractivity (Wildman–Crippen MR) is 182 cm³/mol. The molecule has 0 aliphatic carbocycles. The van der Waals surface area contributed by atoms with Gasteiger partial charge in [-0.25, -0.2) is 4.58 Å². The molecule has 0 saturated carbocycles. The second-order valence-corrected chi connectivity index (χ2v) is 14.6. The molecule has 44 heavy (non-hydrogen) atoms. The molecule has 3 aliphatic heterocycles. The second kappa shape index (κ2) is 10.9. The van der Waals surface area contributed by atoms with Gasteiger partial charge in [0, 0.05) is 46.7 Å². The highest BCUT2D eigenvalue weighted by Crippen LogP contribution is 2.54. The third-order valence-corrected chi connectivity index (χ3v) is 10.2. The van der Waals surface area contributed by atoms with Crippen LogP contribution in [0.3, 0.4) is 0 Å². The van der Waals surface area contributed by atoms with E-state index in [2.05, 4.69) is 98.7 Å². The lowest BCUT2D eigenvalue weighted by Crippen LogP contribution is -2.30. The molecule has 0 spiro atoms. The van der Waals surface area contributed by atoms with E-state index in [4.69, 9.17) is 4.74 Å². The SMILES string of the molecule is CCCCN1CC(C)(C)c2c3c(c4ccccc4c21)C=c1c(c2c(c4ccccc14)=[N+](CCCCCC(O)O)CC2(C)C)O3. The van der Waals surface area contributed by atoms with Crippen molar-refractivity contribution in [1.29, 1.82) is 0 Å². The summed E-state index contributed by atoms with van der Waals surface area (Å²) in [5.41, 5.74) is 5.12. The summed E-state index contributed by atoms with van der Waals surface area (Å²) in [6.07, 6.45) is 6.84. The monoisotopic (exact) mass is 591 g/mol. The normalized spacial score (nSPS) is 17.5. The number of hydrogen-bond acceptors (Lipinski definition) is 4. The smallest absolute Gasteiger partial charge is 0.215 e. The minimum Gasteiger partial charge on any atom is -0.455 e. The van der Waals surface area contributed by atoms with Crippen molar-refractivity contribution in [1.82, 2.24) is 4.58 Å². The molecule has 0 unspecified atom stereocenters. The fourth-order valence-electron chi connectivity index (χ4n) is 8.31. The molecule has 4 aromatic rings. The van der Waals surface area contributed by atoms with Gasteiger partial charge in [-0.05, 0) is 62.4 Å². The molecule has 0 bridgehead atoms. The van der Waals surface area contributed by atoms with Crippen molar-refractivity contribution in [3.63, 3.8) is 0 Å². The molecule has 3 aliphatic rings. The Bertz CT molecular complexity index is 1900. The molecule has 0 atom stereocenters. The van der Waals surface area contributed by atoms with Gasteiger partial charge in [0.15, 0.2) is 12.8 Å². The molecule has 0 fully saturated rings. The predicted octanol–water partition coefficient (Wildman–Crippen LogP) is 6.48. The number of nitrogens with zero attached hydrogens (tertiary/aromatic N) is 2. The van der Waals surface area contributed by atoms with Gasteiger partial charge in [-0.15, -0.1) is 0 Å². The molecular formula is C39H47N2O3+. The van der Waals surface area contributed by atoms with Crippen LogP contribution in [0.15, 0.2) is 48.5 Å². The van der Waals surface area contributed by atoms with Crippen LogP contribution in [0.1, 0.15) is 89.8 Å². The van der Waals surface area contributed by atoms with Crippen LogP contribution in [0.25, 0.3) is 27.6 Å². The molecule has 230 valence electrons. The molecule has 7 rings (SSSR count). The lowest BCUT2D eigenvalue weighted by molar-refractivity contribution is -0.0465. The summed E-state index contributed by atoms with van der Waals surface area (Å²) in [5, 5.41) is 26.2. The van der Waals surface area contributed by atoms with E-state index in [1.54, 1.807) is 0 Å². The molecule has 0 radical (unpaired) electrons. The highest BCUT2D eigenvalue weighted by atomic mass is 16.5. The van der Waals surface area contributed by atoms with Crippen molar-refractivity contribution < 1.29 is 14.9 Å². The van der Waals surface area contributed by atoms with E-state index in [1.165, 1.54) is 67.3 Å². The third-order valence-electron chi connectivity index (χ3n) is 10.2. The third kappa shape index (κ3) is 4.62. The van der Waals surface area contributed by atoms with Gasteiger partial charge in [-0.3, -0.25) is 0 Å². The fourth-order valence-corrected chi connectivity index (χ4v) is 8.31. The van der Waals surface area contributed by atoms with E-state index in [0.717, 1.165) is 56.9 Å². The highest BCUT2D eigenvalue weighted by Gasteiger charge is 2.45. The zero-order valence-electron chi connectivity index (χ0n) is 27.0. The number of benzene rings is 4. The van der Waals surface area contributed by atoms with Gasteiger partial charge in [-0.1, -0.05) is 69.7 Å². The van der Waals surface area contributed by atoms with E-state index in [-0.39, 0.29) is 10.8 Å². The van der Waals surface area contributed by atoms with E-state index in [9.17, 15) is 10.2 Å². The first-order valence-electron chi connectivity index (χ1n) is 16.7. The first-order valence-corrected chi connectivity index (χ1v) is 16.7. The minimum atomic E-state index is -1.21. The van der Waals surface area contributed by atoms with Gasteiger partial charge in [0.2, 0.25) is 5.36 Å². The lowest BCUT2D eigenvalue weighted by Gasteiger charge is -2.28. The molecule has 2 N–H and O–H groups in total. The maximum absolute atomic E-state index is 9.29. The summed E-state index contributed by atoms with van der Waals surface area (Å²) in [7, 11) is 0. The first-order chi connectivity index (χ1) is 21.1. The standard InChI is InChI=1S/C39H47N2O3/c1-6-7-20-40-23-38(2,3)32-34(40)27-17-12-10-15-25(27)29-22-30-26-16-11-13-18-28(26)35-33(37(30)44-36(29)32)39(4,5)24-41(35)21-14-8-9-19-31(42)43/h10-13,15-18,22,31,42-43H,6-9,14,19-21,23-24H2,1-5H3/q+1. The van der Waals surface area contributed by atoms with Gasteiger partial charge in [-0.2, -0.15) is 0 Å². The average Bonchev–Trinajstić information content (AvgIpc) is 3.43. The Hall–Kier alpha value is -3.41. The van der Waals surface area contributed by atoms with Crippen LogP contribution in [0.5, 0.6) is 11.5 Å². The number of rotatable bonds is 9. The molecular weight excluding hydrogens is 544 g/mol. The molecule has 0 saturated heterocycles. The van der Waals surface area contributed by atoms with Crippen molar-refractivity contribution in [3.8, 4) is 11.5 Å². The molecule has 3 heterocycles. The van der Waals surface area contributed by atoms with E-state index in [0.29, 0.717) is 6.42 Å². The topological polar surface area (TPSA) is 55.9 Å². The van der Waals surface area contributed by atoms with E-state index < -0.39 is 6.29 Å².